The zero-order valence-corrected chi connectivity index (χ0v) is 23.3. The van der Waals surface area contributed by atoms with Crippen LogP contribution in [0.5, 0.6) is 5.75 Å². The van der Waals surface area contributed by atoms with E-state index in [1.807, 2.05) is 42.5 Å². The molecule has 40 heavy (non-hydrogen) atoms. The van der Waals surface area contributed by atoms with Crippen molar-refractivity contribution in [2.24, 2.45) is 23.7 Å². The predicted molar refractivity (Wildman–Crippen MR) is 158 cm³/mol. The summed E-state index contributed by atoms with van der Waals surface area (Å²) in [7, 11) is -0.976. The molecule has 6 rings (SSSR count). The lowest BCUT2D eigenvalue weighted by molar-refractivity contribution is 0.0593. The van der Waals surface area contributed by atoms with E-state index in [1.54, 1.807) is 18.2 Å². The largest absolute Gasteiger partial charge is 0.507 e. The number of benzene rings is 3. The number of carbonyl (C=O) groups excluding carboxylic acids is 2. The number of aromatic hydroxyl groups is 1. The predicted octanol–water partition coefficient (Wildman–Crippen LogP) is 6.89. The molecule has 5 nitrogen and oxygen atoms in total. The van der Waals surface area contributed by atoms with Crippen LogP contribution in [0.3, 0.4) is 0 Å². The second-order valence-electron chi connectivity index (χ2n) is 11.9. The van der Waals surface area contributed by atoms with Gasteiger partial charge in [0, 0.05) is 28.3 Å². The number of rotatable bonds is 5. The van der Waals surface area contributed by atoms with Crippen molar-refractivity contribution in [1.82, 2.24) is 0 Å². The van der Waals surface area contributed by atoms with E-state index in [2.05, 4.69) is 26.8 Å². The minimum atomic E-state index is -0.976. The van der Waals surface area contributed by atoms with Crippen molar-refractivity contribution < 1.29 is 24.4 Å². The van der Waals surface area contributed by atoms with Crippen LogP contribution >= 0.6 is 0 Å². The maximum absolute atomic E-state index is 13.8. The Morgan fingerprint density at radius 3 is 2.38 bits per heavy atom. The number of Topliss-reactive ketones (excluding diaryl/α,β-unsaturated/α-hetero) is 2. The van der Waals surface area contributed by atoms with Gasteiger partial charge in [0.15, 0.2) is 11.6 Å². The molecule has 1 saturated heterocycles. The zero-order chi connectivity index (χ0) is 28.1. The molecule has 4 atom stereocenters. The number of carbonyl (C=O) groups is 2. The van der Waals surface area contributed by atoms with E-state index in [1.165, 1.54) is 5.57 Å². The molecule has 0 bridgehead atoms. The lowest BCUT2D eigenvalue weighted by Crippen LogP contribution is -2.51. The van der Waals surface area contributed by atoms with Gasteiger partial charge in [-0.15, -0.1) is 0 Å². The number of allylic oxidation sites excluding steroid dienone is 2. The van der Waals surface area contributed by atoms with Gasteiger partial charge in [-0.25, -0.2) is 0 Å². The van der Waals surface area contributed by atoms with Crippen molar-refractivity contribution in [1.29, 1.82) is 0 Å². The van der Waals surface area contributed by atoms with E-state index in [0.29, 0.717) is 30.3 Å². The second-order valence-corrected chi connectivity index (χ2v) is 11.9. The Morgan fingerprint density at radius 2 is 1.65 bits per heavy atom. The van der Waals surface area contributed by atoms with Gasteiger partial charge in [-0.3, -0.25) is 9.59 Å². The highest BCUT2D eigenvalue weighted by Crippen LogP contribution is 2.52. The van der Waals surface area contributed by atoms with E-state index < -0.39 is 13.0 Å². The topological polar surface area (TPSA) is 83.8 Å². The molecule has 0 radical (unpaired) electrons. The number of fused-ring (bicyclic) bond motifs is 5. The molecule has 0 spiro atoms. The van der Waals surface area contributed by atoms with Crippen LogP contribution in [0.4, 0.5) is 0 Å². The van der Waals surface area contributed by atoms with Crippen molar-refractivity contribution in [2.75, 3.05) is 0 Å². The van der Waals surface area contributed by atoms with Crippen molar-refractivity contribution >= 4 is 35.5 Å². The van der Waals surface area contributed by atoms with E-state index in [-0.39, 0.29) is 41.2 Å². The Morgan fingerprint density at radius 1 is 0.975 bits per heavy atom. The third-order valence-corrected chi connectivity index (χ3v) is 9.13. The fraction of sp³-hybridized carbons (Fsp3) is 0.353. The number of phenolic OH excluding ortho intramolecular Hbond substituents is 1. The number of phenols is 1. The van der Waals surface area contributed by atoms with Gasteiger partial charge in [0.05, 0.1) is 6.10 Å². The maximum Gasteiger partial charge on any atom is 0.455 e. The van der Waals surface area contributed by atoms with Crippen LogP contribution in [-0.4, -0.2) is 34.9 Å². The van der Waals surface area contributed by atoms with Crippen LogP contribution in [0.2, 0.25) is 6.32 Å². The molecule has 0 amide bonds. The van der Waals surface area contributed by atoms with Crippen LogP contribution in [0, 0.1) is 23.7 Å². The van der Waals surface area contributed by atoms with Gasteiger partial charge < -0.3 is 14.8 Å². The summed E-state index contributed by atoms with van der Waals surface area (Å²) in [6.07, 6.45) is 4.15. The van der Waals surface area contributed by atoms with Crippen molar-refractivity contribution in [3.05, 3.63) is 94.1 Å². The molecule has 3 aliphatic rings. The zero-order valence-electron chi connectivity index (χ0n) is 23.3. The average molecular weight is 534 g/mol. The highest BCUT2D eigenvalue weighted by molar-refractivity contribution is 6.43. The molecule has 204 valence electrons. The van der Waals surface area contributed by atoms with Crippen LogP contribution in [-0.2, 0) is 4.65 Å². The molecule has 3 aromatic rings. The monoisotopic (exact) mass is 534 g/mol. The van der Waals surface area contributed by atoms with E-state index >= 15 is 0 Å². The van der Waals surface area contributed by atoms with Crippen LogP contribution in [0.25, 0.3) is 16.8 Å². The molecule has 6 heteroatoms. The molecule has 0 unspecified atom stereocenters. The van der Waals surface area contributed by atoms with Gasteiger partial charge in [-0.1, -0.05) is 85.7 Å². The molecule has 1 fully saturated rings. The molecule has 0 saturated carbocycles. The van der Waals surface area contributed by atoms with Gasteiger partial charge in [0.2, 0.25) is 0 Å². The van der Waals surface area contributed by atoms with Crippen LogP contribution in [0.15, 0.2) is 77.4 Å². The van der Waals surface area contributed by atoms with Crippen molar-refractivity contribution in [3.8, 4) is 5.75 Å². The molecule has 1 heterocycles. The minimum Gasteiger partial charge on any atom is -0.507 e. The van der Waals surface area contributed by atoms with E-state index in [4.69, 9.17) is 4.65 Å². The fourth-order valence-electron chi connectivity index (χ4n) is 7.28. The molecular weight excluding hydrogens is 499 g/mol. The van der Waals surface area contributed by atoms with E-state index in [0.717, 1.165) is 33.9 Å². The van der Waals surface area contributed by atoms with Gasteiger partial charge >= 0.3 is 7.12 Å². The van der Waals surface area contributed by atoms with Crippen molar-refractivity contribution in [2.45, 2.75) is 52.5 Å². The SMILES string of the molecule is C/C(=C\c1ccc(O)c2ccccc12)CC[C@H]1OB(O)C[C@H]2C1=C(C(C)C)C[C@H]1C(=O)c3ccccc3C(=O)[C@H]12. The highest BCUT2D eigenvalue weighted by atomic mass is 16.5. The Hall–Kier alpha value is -3.48. The smallest absolute Gasteiger partial charge is 0.455 e. The van der Waals surface area contributed by atoms with Crippen molar-refractivity contribution in [3.63, 3.8) is 0 Å². The highest BCUT2D eigenvalue weighted by Gasteiger charge is 2.53. The molecule has 2 aliphatic carbocycles. The van der Waals surface area contributed by atoms with Gasteiger partial charge in [-0.05, 0) is 66.9 Å². The van der Waals surface area contributed by atoms with Crippen LogP contribution in [0.1, 0.15) is 66.3 Å². The first-order valence-corrected chi connectivity index (χ1v) is 14.4. The summed E-state index contributed by atoms with van der Waals surface area (Å²) in [6, 6.07) is 18.7. The summed E-state index contributed by atoms with van der Waals surface area (Å²) in [5, 5.41) is 22.9. The van der Waals surface area contributed by atoms with Crippen LogP contribution < -0.4 is 0 Å². The maximum atomic E-state index is 13.8. The van der Waals surface area contributed by atoms with E-state index in [9.17, 15) is 19.7 Å². The van der Waals surface area contributed by atoms with Gasteiger partial charge in [0.1, 0.15) is 5.75 Å². The Balaban J connectivity index is 1.32. The third-order valence-electron chi connectivity index (χ3n) is 9.13. The lowest BCUT2D eigenvalue weighted by atomic mass is 9.53. The normalized spacial score (nSPS) is 24.8. The Labute approximate surface area is 235 Å². The number of ketones is 2. The lowest BCUT2D eigenvalue weighted by Gasteiger charge is -2.48. The summed E-state index contributed by atoms with van der Waals surface area (Å²) >= 11 is 0. The average Bonchev–Trinajstić information content (AvgIpc) is 2.95. The first kappa shape index (κ1) is 26.7. The summed E-state index contributed by atoms with van der Waals surface area (Å²) in [4.78, 5) is 27.4. The molecule has 3 aromatic carbocycles. The second kappa shape index (κ2) is 10.5. The third kappa shape index (κ3) is 4.53. The fourth-order valence-corrected chi connectivity index (χ4v) is 7.28. The van der Waals surface area contributed by atoms with Gasteiger partial charge in [-0.2, -0.15) is 0 Å². The summed E-state index contributed by atoms with van der Waals surface area (Å²) in [5.74, 6) is -0.503. The quantitative estimate of drug-likeness (QED) is 0.275. The standard InChI is InChI=1S/C34H35BO5/c1-19(2)26-17-27-32(34(38)25-11-7-6-10-24(25)33(27)37)28-18-35(39)40-30(31(26)28)15-12-20(3)16-21-13-14-29(36)23-9-5-4-8-22(21)23/h4-11,13-14,16,19,27-28,30,32,36,39H,12,15,17-18H2,1-3H3/b20-16+/t27-,28+,30-,32-/m1/s1. The first-order valence-electron chi connectivity index (χ1n) is 14.4. The number of hydrogen-bond acceptors (Lipinski definition) is 5. The molecular formula is C34H35BO5. The molecule has 1 aliphatic heterocycles. The summed E-state index contributed by atoms with van der Waals surface area (Å²) < 4.78 is 6.18. The molecule has 0 aromatic heterocycles. The Kier molecular flexibility index (Phi) is 7.01. The first-order chi connectivity index (χ1) is 19.2. The Bertz CT molecular complexity index is 1570. The summed E-state index contributed by atoms with van der Waals surface area (Å²) in [5.41, 5.74) is 5.58. The van der Waals surface area contributed by atoms with Gasteiger partial charge in [0.25, 0.3) is 0 Å². The minimum absolute atomic E-state index is 0.0219. The summed E-state index contributed by atoms with van der Waals surface area (Å²) in [6.45, 7) is 6.38. The number of hydrogen-bond donors (Lipinski definition) is 2. The molecule has 2 N–H and O–H groups in total.